The molecule has 2 aromatic carbocycles. The zero-order valence-electron chi connectivity index (χ0n) is 21.1. The highest BCUT2D eigenvalue weighted by Crippen LogP contribution is 2.30. The van der Waals surface area contributed by atoms with Gasteiger partial charge < -0.3 is 25.1 Å². The van der Waals surface area contributed by atoms with E-state index in [4.69, 9.17) is 22.9 Å². The van der Waals surface area contributed by atoms with E-state index in [1.54, 1.807) is 36.4 Å². The molecule has 0 spiro atoms. The molecule has 2 aromatic heterocycles. The molecule has 0 bridgehead atoms. The second-order valence-corrected chi connectivity index (χ2v) is 9.61. The van der Waals surface area contributed by atoms with Gasteiger partial charge in [0.05, 0.1) is 46.7 Å². The van der Waals surface area contributed by atoms with E-state index in [0.29, 0.717) is 39.5 Å². The predicted molar refractivity (Wildman–Crippen MR) is 148 cm³/mol. The maximum absolute atomic E-state index is 12.8. The summed E-state index contributed by atoms with van der Waals surface area (Å²) in [7, 11) is 0. The highest BCUT2D eigenvalue weighted by atomic mass is 35.5. The third-order valence-electron chi connectivity index (χ3n) is 5.74. The number of amides is 1. The summed E-state index contributed by atoms with van der Waals surface area (Å²) in [5.41, 5.74) is 3.86. The number of aromatic nitrogens is 3. The molecule has 1 unspecified atom stereocenters. The smallest absolute Gasteiger partial charge is 0.411 e. The summed E-state index contributed by atoms with van der Waals surface area (Å²) in [5, 5.41) is 16.7. The van der Waals surface area contributed by atoms with Crippen LogP contribution in [0.1, 0.15) is 31.1 Å². The Morgan fingerprint density at radius 2 is 2.03 bits per heavy atom. The molecule has 0 aliphatic carbocycles. The zero-order valence-corrected chi connectivity index (χ0v) is 21.8. The lowest BCUT2D eigenvalue weighted by Gasteiger charge is -2.16. The molecule has 0 aliphatic rings. The molecule has 1 atom stereocenters. The molecular weight excluding hydrogens is 508 g/mol. The number of ether oxygens (including phenoxy) is 1. The number of hydrogen-bond donors (Lipinski definition) is 5. The van der Waals surface area contributed by atoms with Gasteiger partial charge in [0.25, 0.3) is 5.56 Å². The summed E-state index contributed by atoms with van der Waals surface area (Å²) >= 11 is 6.32. The summed E-state index contributed by atoms with van der Waals surface area (Å²) in [6.45, 7) is 13.3. The summed E-state index contributed by atoms with van der Waals surface area (Å²) < 4.78 is 5.11. The second-order valence-electron chi connectivity index (χ2n) is 9.20. The Morgan fingerprint density at radius 3 is 2.74 bits per heavy atom. The maximum Gasteiger partial charge on any atom is 0.411 e. The van der Waals surface area contributed by atoms with Crippen LogP contribution in [0.4, 0.5) is 21.9 Å². The quantitative estimate of drug-likeness (QED) is 0.182. The number of aromatic amines is 2. The molecule has 38 heavy (non-hydrogen) atoms. The Hall–Kier alpha value is -4.33. The Bertz CT molecular complexity index is 1590. The number of carbonyl (C=O) groups excluding carboxylic acids is 1. The molecule has 0 saturated carbocycles. The Balaban J connectivity index is 1.51. The fraction of sp³-hybridized carbons (Fsp3) is 0.259. The van der Waals surface area contributed by atoms with Gasteiger partial charge in [0.1, 0.15) is 11.4 Å². The van der Waals surface area contributed by atoms with Gasteiger partial charge in [0, 0.05) is 12.7 Å². The zero-order chi connectivity index (χ0) is 27.4. The van der Waals surface area contributed by atoms with Crippen molar-refractivity contribution in [2.24, 2.45) is 5.92 Å². The molecule has 196 valence electrons. The average Bonchev–Trinajstić information content (AvgIpc) is 3.31. The fourth-order valence-electron chi connectivity index (χ4n) is 3.87. The Morgan fingerprint density at radius 1 is 1.24 bits per heavy atom. The van der Waals surface area contributed by atoms with Crippen molar-refractivity contribution in [1.29, 1.82) is 0 Å². The first-order chi connectivity index (χ1) is 18.2. The first-order valence-corrected chi connectivity index (χ1v) is 12.3. The van der Waals surface area contributed by atoms with Crippen molar-refractivity contribution in [2.45, 2.75) is 26.9 Å². The van der Waals surface area contributed by atoms with E-state index in [9.17, 15) is 14.7 Å². The molecule has 0 radical (unpaired) electrons. The van der Waals surface area contributed by atoms with Crippen LogP contribution < -0.4 is 16.2 Å². The lowest BCUT2D eigenvalue weighted by atomic mass is 10.1. The van der Waals surface area contributed by atoms with Crippen molar-refractivity contribution >= 4 is 45.8 Å². The van der Waals surface area contributed by atoms with Crippen molar-refractivity contribution in [3.63, 3.8) is 0 Å². The fourth-order valence-corrected chi connectivity index (χ4v) is 4.10. The van der Waals surface area contributed by atoms with Crippen molar-refractivity contribution in [2.75, 3.05) is 23.8 Å². The van der Waals surface area contributed by atoms with Crippen LogP contribution in [-0.2, 0) is 4.74 Å². The molecule has 4 rings (SSSR count). The number of benzene rings is 2. The van der Waals surface area contributed by atoms with Crippen LogP contribution in [0.25, 0.3) is 27.3 Å². The molecule has 4 aromatic rings. The summed E-state index contributed by atoms with van der Waals surface area (Å²) in [4.78, 5) is 38.5. The normalized spacial score (nSPS) is 11.8. The van der Waals surface area contributed by atoms with Crippen LogP contribution >= 0.6 is 11.6 Å². The summed E-state index contributed by atoms with van der Waals surface area (Å²) in [6.07, 6.45) is -0.0782. The van der Waals surface area contributed by atoms with E-state index in [0.717, 1.165) is 5.56 Å². The van der Waals surface area contributed by atoms with Crippen molar-refractivity contribution in [3.8, 4) is 11.4 Å². The first kappa shape index (κ1) is 26.7. The van der Waals surface area contributed by atoms with Gasteiger partial charge in [-0.15, -0.1) is 0 Å². The van der Waals surface area contributed by atoms with Crippen LogP contribution in [0, 0.1) is 19.4 Å². The first-order valence-electron chi connectivity index (χ1n) is 11.9. The van der Waals surface area contributed by atoms with Crippen LogP contribution in [0.3, 0.4) is 0 Å². The van der Waals surface area contributed by atoms with E-state index < -0.39 is 12.2 Å². The monoisotopic (exact) mass is 534 g/mol. The minimum atomic E-state index is -0.972. The number of carbonyl (C=O) groups is 1. The number of nitrogens with zero attached hydrogens (tertiary/aromatic N) is 2. The lowest BCUT2D eigenvalue weighted by molar-refractivity contribution is 0.147. The number of halogens is 1. The number of fused-ring (bicyclic) bond motifs is 1. The van der Waals surface area contributed by atoms with Gasteiger partial charge in [-0.05, 0) is 48.2 Å². The van der Waals surface area contributed by atoms with Gasteiger partial charge in [0.15, 0.2) is 5.69 Å². The highest BCUT2D eigenvalue weighted by molar-refractivity contribution is 6.33. The molecule has 0 fully saturated rings. The van der Waals surface area contributed by atoms with Crippen LogP contribution in [-0.4, -0.2) is 39.3 Å². The molecule has 1 amide bonds. The van der Waals surface area contributed by atoms with Crippen molar-refractivity contribution < 1.29 is 14.6 Å². The van der Waals surface area contributed by atoms with Gasteiger partial charge in [-0.2, -0.15) is 0 Å². The molecule has 0 aliphatic heterocycles. The van der Waals surface area contributed by atoms with Crippen molar-refractivity contribution in [1.82, 2.24) is 15.0 Å². The van der Waals surface area contributed by atoms with E-state index in [1.165, 1.54) is 6.20 Å². The summed E-state index contributed by atoms with van der Waals surface area (Å²) in [6, 6.07) is 9.89. The third kappa shape index (κ3) is 5.96. The number of anilines is 2. The Kier molecular flexibility index (Phi) is 8.00. The number of aliphatic hydroxyl groups is 1. The largest absolute Gasteiger partial charge is 0.449 e. The molecule has 5 N–H and O–H groups in total. The number of nitrogens with one attached hydrogen (secondary N) is 4. The number of rotatable bonds is 8. The molecule has 0 saturated heterocycles. The van der Waals surface area contributed by atoms with E-state index in [1.807, 2.05) is 20.8 Å². The van der Waals surface area contributed by atoms with E-state index in [-0.39, 0.29) is 35.2 Å². The number of aryl methyl sites for hydroxylation is 1. The average molecular weight is 535 g/mol. The van der Waals surface area contributed by atoms with E-state index in [2.05, 4.69) is 30.4 Å². The third-order valence-corrected chi connectivity index (χ3v) is 6.05. The van der Waals surface area contributed by atoms with Gasteiger partial charge in [-0.1, -0.05) is 37.6 Å². The number of hydrogen-bond acceptors (Lipinski definition) is 6. The van der Waals surface area contributed by atoms with Gasteiger partial charge in [-0.3, -0.25) is 10.1 Å². The number of pyridine rings is 1. The number of aliphatic hydroxyl groups excluding tert-OH is 1. The van der Waals surface area contributed by atoms with Gasteiger partial charge in [-0.25, -0.2) is 14.6 Å². The second kappa shape index (κ2) is 11.4. The van der Waals surface area contributed by atoms with Crippen molar-refractivity contribution in [3.05, 3.63) is 80.5 Å². The van der Waals surface area contributed by atoms with Gasteiger partial charge in [0.2, 0.25) is 0 Å². The predicted octanol–water partition coefficient (Wildman–Crippen LogP) is 5.78. The minimum absolute atomic E-state index is 0.0666. The number of H-pyrrole nitrogens is 2. The topological polar surface area (TPSA) is 136 Å². The van der Waals surface area contributed by atoms with Crippen LogP contribution in [0.15, 0.2) is 47.4 Å². The summed E-state index contributed by atoms with van der Waals surface area (Å²) in [5.74, 6) is 0.544. The van der Waals surface area contributed by atoms with Crippen LogP contribution in [0.5, 0.6) is 0 Å². The lowest BCUT2D eigenvalue weighted by Crippen LogP contribution is -2.18. The van der Waals surface area contributed by atoms with Crippen LogP contribution in [0.2, 0.25) is 5.02 Å². The SMILES string of the molecule is [C-]#[N+]c1cc(C)c2nc(-c3c(NCC(O)c4ccc(NC(=O)OCC(C)C)c(Cl)c4)cc[nH]c3=O)[nH]c2c1. The molecule has 2 heterocycles. The van der Waals surface area contributed by atoms with Gasteiger partial charge >= 0.3 is 6.09 Å². The van der Waals surface area contributed by atoms with E-state index >= 15 is 0 Å². The molecular formula is C27H27ClN6O4. The molecule has 11 heteroatoms. The number of imidazole rings is 1. The highest BCUT2D eigenvalue weighted by Gasteiger charge is 2.18. The maximum atomic E-state index is 12.8. The minimum Gasteiger partial charge on any atom is -0.449 e. The standard InChI is InChI=1S/C27H27ClN6O4/c1-14(2)13-38-27(37)33-19-6-5-16(10-18(19)28)22(35)12-31-20-7-8-30-26(36)23(20)25-32-21-11-17(29-4)9-15(3)24(21)34-25/h5-11,14,22,35H,12-13H2,1-3H3,(H,32,34)(H,33,37)(H2,30,31,36). The Labute approximate surface area is 223 Å². The molecule has 10 nitrogen and oxygen atoms in total.